The molecule has 5 nitrogen and oxygen atoms in total. The Balaban J connectivity index is 1.97. The maximum atomic E-state index is 13.1. The molecule has 0 unspecified atom stereocenters. The summed E-state index contributed by atoms with van der Waals surface area (Å²) in [5, 5.41) is 5.30. The Morgan fingerprint density at radius 3 is 2.48 bits per heavy atom. The highest BCUT2D eigenvalue weighted by molar-refractivity contribution is 5.96. The fourth-order valence-electron chi connectivity index (χ4n) is 2.09. The Morgan fingerprint density at radius 1 is 1.08 bits per heavy atom. The third-order valence-corrected chi connectivity index (χ3v) is 3.11. The minimum atomic E-state index is -0.607. The molecule has 0 saturated carbocycles. The molecular weight excluding hydrogens is 323 g/mol. The van der Waals surface area contributed by atoms with E-state index in [0.717, 1.165) is 0 Å². The Morgan fingerprint density at radius 2 is 1.80 bits per heavy atom. The number of anilines is 1. The van der Waals surface area contributed by atoms with Gasteiger partial charge in [-0.15, -0.1) is 0 Å². The van der Waals surface area contributed by atoms with Crippen LogP contribution in [0.25, 0.3) is 0 Å². The van der Waals surface area contributed by atoms with E-state index < -0.39 is 11.7 Å². The largest absolute Gasteiger partial charge is 0.444 e. The zero-order chi connectivity index (χ0) is 18.4. The Kier molecular flexibility index (Phi) is 5.75. The highest BCUT2D eigenvalue weighted by Crippen LogP contribution is 2.14. The van der Waals surface area contributed by atoms with E-state index in [2.05, 4.69) is 10.6 Å². The maximum Gasteiger partial charge on any atom is 0.412 e. The van der Waals surface area contributed by atoms with Crippen molar-refractivity contribution in [2.24, 2.45) is 0 Å². The van der Waals surface area contributed by atoms with Crippen LogP contribution in [-0.4, -0.2) is 17.6 Å². The second kappa shape index (κ2) is 7.79. The summed E-state index contributed by atoms with van der Waals surface area (Å²) in [5.74, 6) is -0.674. The molecule has 2 rings (SSSR count). The summed E-state index contributed by atoms with van der Waals surface area (Å²) in [6.45, 7) is 5.51. The molecule has 0 aliphatic carbocycles. The molecule has 2 N–H and O–H groups in total. The molecule has 0 atom stereocenters. The molecule has 0 aliphatic heterocycles. The van der Waals surface area contributed by atoms with E-state index in [1.165, 1.54) is 12.1 Å². The van der Waals surface area contributed by atoms with E-state index in [1.54, 1.807) is 57.2 Å². The molecule has 0 radical (unpaired) electrons. The summed E-state index contributed by atoms with van der Waals surface area (Å²) < 4.78 is 18.3. The zero-order valence-corrected chi connectivity index (χ0v) is 14.4. The van der Waals surface area contributed by atoms with Crippen LogP contribution in [0, 0.1) is 5.82 Å². The van der Waals surface area contributed by atoms with E-state index in [9.17, 15) is 14.0 Å². The number of benzene rings is 2. The number of nitrogens with one attached hydrogen (secondary N) is 2. The Hall–Kier alpha value is -2.89. The highest BCUT2D eigenvalue weighted by Gasteiger charge is 2.16. The standard InChI is InChI=1S/C19H21FN2O3/c1-19(2,3)25-18(24)22-16-9-5-7-14(11-16)17(23)21-12-13-6-4-8-15(20)10-13/h4-11H,12H2,1-3H3,(H,21,23)(H,22,24). The minimum absolute atomic E-state index is 0.209. The van der Waals surface area contributed by atoms with Crippen molar-refractivity contribution in [2.75, 3.05) is 5.32 Å². The third kappa shape index (κ3) is 6.25. The van der Waals surface area contributed by atoms with Crippen molar-refractivity contribution in [3.8, 4) is 0 Å². The first-order chi connectivity index (χ1) is 11.7. The lowest BCUT2D eigenvalue weighted by Gasteiger charge is -2.19. The topological polar surface area (TPSA) is 67.4 Å². The first-order valence-electron chi connectivity index (χ1n) is 7.86. The molecular formula is C19H21FN2O3. The van der Waals surface area contributed by atoms with Gasteiger partial charge in [0.05, 0.1) is 0 Å². The molecule has 2 amide bonds. The van der Waals surface area contributed by atoms with Crippen LogP contribution in [-0.2, 0) is 11.3 Å². The summed E-state index contributed by atoms with van der Waals surface area (Å²) in [7, 11) is 0. The number of rotatable bonds is 4. The molecule has 0 bridgehead atoms. The lowest BCUT2D eigenvalue weighted by molar-refractivity contribution is 0.0635. The van der Waals surface area contributed by atoms with Crippen LogP contribution in [0.2, 0.25) is 0 Å². The van der Waals surface area contributed by atoms with Crippen LogP contribution in [0.15, 0.2) is 48.5 Å². The molecule has 132 valence electrons. The number of ether oxygens (including phenoxy) is 1. The van der Waals surface area contributed by atoms with Crippen LogP contribution in [0.5, 0.6) is 0 Å². The van der Waals surface area contributed by atoms with Gasteiger partial charge in [-0.25, -0.2) is 9.18 Å². The van der Waals surface area contributed by atoms with Gasteiger partial charge in [0.1, 0.15) is 11.4 Å². The average molecular weight is 344 g/mol. The van der Waals surface area contributed by atoms with Gasteiger partial charge in [0.25, 0.3) is 5.91 Å². The van der Waals surface area contributed by atoms with Gasteiger partial charge in [-0.05, 0) is 56.7 Å². The normalized spacial score (nSPS) is 10.9. The summed E-state index contributed by atoms with van der Waals surface area (Å²) in [6.07, 6.45) is -0.593. The summed E-state index contributed by atoms with van der Waals surface area (Å²) in [6, 6.07) is 12.5. The number of hydrogen-bond acceptors (Lipinski definition) is 3. The number of amides is 2. The number of hydrogen-bond donors (Lipinski definition) is 2. The third-order valence-electron chi connectivity index (χ3n) is 3.11. The lowest BCUT2D eigenvalue weighted by atomic mass is 10.1. The van der Waals surface area contributed by atoms with Crippen molar-refractivity contribution >= 4 is 17.7 Å². The Labute approximate surface area is 146 Å². The van der Waals surface area contributed by atoms with Crippen molar-refractivity contribution in [3.63, 3.8) is 0 Å². The highest BCUT2D eigenvalue weighted by atomic mass is 19.1. The Bertz CT molecular complexity index is 769. The number of halogens is 1. The summed E-state index contributed by atoms with van der Waals surface area (Å²) >= 11 is 0. The van der Waals surface area contributed by atoms with Gasteiger partial charge in [-0.2, -0.15) is 0 Å². The molecule has 25 heavy (non-hydrogen) atoms. The predicted octanol–water partition coefficient (Wildman–Crippen LogP) is 4.10. The van der Waals surface area contributed by atoms with E-state index in [0.29, 0.717) is 16.8 Å². The maximum absolute atomic E-state index is 13.1. The van der Waals surface area contributed by atoms with E-state index in [4.69, 9.17) is 4.74 Å². The minimum Gasteiger partial charge on any atom is -0.444 e. The summed E-state index contributed by atoms with van der Waals surface area (Å²) in [4.78, 5) is 24.0. The molecule has 0 aliphatic rings. The van der Waals surface area contributed by atoms with Crippen molar-refractivity contribution in [1.29, 1.82) is 0 Å². The molecule has 2 aromatic rings. The monoisotopic (exact) mass is 344 g/mol. The van der Waals surface area contributed by atoms with Crippen LogP contribution < -0.4 is 10.6 Å². The zero-order valence-electron chi connectivity index (χ0n) is 14.4. The number of carbonyl (C=O) groups excluding carboxylic acids is 2. The first kappa shape index (κ1) is 18.4. The van der Waals surface area contributed by atoms with Gasteiger partial charge in [0.15, 0.2) is 0 Å². The van der Waals surface area contributed by atoms with Crippen LogP contribution in [0.1, 0.15) is 36.7 Å². The molecule has 0 spiro atoms. The van der Waals surface area contributed by atoms with E-state index in [-0.39, 0.29) is 18.3 Å². The molecule has 2 aromatic carbocycles. The second-order valence-electron chi connectivity index (χ2n) is 6.52. The predicted molar refractivity (Wildman–Crippen MR) is 93.9 cm³/mol. The van der Waals surface area contributed by atoms with Gasteiger partial charge in [0, 0.05) is 17.8 Å². The average Bonchev–Trinajstić information content (AvgIpc) is 2.51. The first-order valence-corrected chi connectivity index (χ1v) is 7.86. The van der Waals surface area contributed by atoms with E-state index >= 15 is 0 Å². The van der Waals surface area contributed by atoms with Crippen molar-refractivity contribution in [1.82, 2.24) is 5.32 Å². The quantitative estimate of drug-likeness (QED) is 0.877. The van der Waals surface area contributed by atoms with Crippen molar-refractivity contribution in [3.05, 3.63) is 65.5 Å². The van der Waals surface area contributed by atoms with E-state index in [1.807, 2.05) is 0 Å². The van der Waals surface area contributed by atoms with Gasteiger partial charge in [0.2, 0.25) is 0 Å². The van der Waals surface area contributed by atoms with Crippen LogP contribution in [0.4, 0.5) is 14.9 Å². The van der Waals surface area contributed by atoms with Gasteiger partial charge in [-0.1, -0.05) is 18.2 Å². The van der Waals surface area contributed by atoms with Crippen LogP contribution >= 0.6 is 0 Å². The van der Waals surface area contributed by atoms with Gasteiger partial charge in [-0.3, -0.25) is 10.1 Å². The molecule has 0 aromatic heterocycles. The van der Waals surface area contributed by atoms with Crippen LogP contribution in [0.3, 0.4) is 0 Å². The van der Waals surface area contributed by atoms with Gasteiger partial charge >= 0.3 is 6.09 Å². The fraction of sp³-hybridized carbons (Fsp3) is 0.263. The summed E-state index contributed by atoms with van der Waals surface area (Å²) in [5.41, 5.74) is 0.887. The van der Waals surface area contributed by atoms with Gasteiger partial charge < -0.3 is 10.1 Å². The second-order valence-corrected chi connectivity index (χ2v) is 6.52. The fourth-order valence-corrected chi connectivity index (χ4v) is 2.09. The lowest BCUT2D eigenvalue weighted by Crippen LogP contribution is -2.27. The molecule has 6 heteroatoms. The van der Waals surface area contributed by atoms with Crippen molar-refractivity contribution < 1.29 is 18.7 Å². The number of carbonyl (C=O) groups is 2. The smallest absolute Gasteiger partial charge is 0.412 e. The molecule has 0 heterocycles. The van der Waals surface area contributed by atoms with Crippen molar-refractivity contribution in [2.45, 2.75) is 32.9 Å². The molecule has 0 saturated heterocycles. The SMILES string of the molecule is CC(C)(C)OC(=O)Nc1cccc(C(=O)NCc2cccc(F)c2)c1. The molecule has 0 fully saturated rings.